The summed E-state index contributed by atoms with van der Waals surface area (Å²) in [4.78, 5) is 5.76. The third-order valence-corrected chi connectivity index (χ3v) is 3.51. The molecule has 0 saturated heterocycles. The van der Waals surface area contributed by atoms with Gasteiger partial charge >= 0.3 is 0 Å². The van der Waals surface area contributed by atoms with Gasteiger partial charge in [-0.25, -0.2) is 0 Å². The molecule has 0 aliphatic carbocycles. The van der Waals surface area contributed by atoms with Gasteiger partial charge in [-0.05, 0) is 32.1 Å². The van der Waals surface area contributed by atoms with Crippen molar-refractivity contribution < 1.29 is 0 Å². The molecule has 1 unspecified atom stereocenters. The number of H-pyrrole nitrogens is 1. The first-order valence-electron chi connectivity index (χ1n) is 6.20. The van der Waals surface area contributed by atoms with Crippen molar-refractivity contribution in [2.24, 2.45) is 0 Å². The van der Waals surface area contributed by atoms with E-state index < -0.39 is 0 Å². The summed E-state index contributed by atoms with van der Waals surface area (Å²) < 4.78 is 0. The van der Waals surface area contributed by atoms with E-state index in [1.807, 2.05) is 0 Å². The Morgan fingerprint density at radius 1 is 1.29 bits per heavy atom. The number of benzene rings is 1. The predicted molar refractivity (Wildman–Crippen MR) is 71.2 cm³/mol. The molecule has 0 amide bonds. The van der Waals surface area contributed by atoms with Crippen LogP contribution in [0.2, 0.25) is 0 Å². The smallest absolute Gasteiger partial charge is 0.0459 e. The van der Waals surface area contributed by atoms with Gasteiger partial charge in [0.15, 0.2) is 0 Å². The average Bonchev–Trinajstić information content (AvgIpc) is 2.66. The third kappa shape index (κ3) is 1.96. The van der Waals surface area contributed by atoms with Crippen LogP contribution in [0.3, 0.4) is 0 Å². The molecule has 3 nitrogen and oxygen atoms in total. The highest BCUT2D eigenvalue weighted by Crippen LogP contribution is 2.26. The normalized spacial score (nSPS) is 19.8. The molecular formula is C14H19N3. The Bertz CT molecular complexity index is 527. The molecule has 0 spiro atoms. The highest BCUT2D eigenvalue weighted by molar-refractivity contribution is 5.84. The molecule has 1 aromatic heterocycles. The Morgan fingerprint density at radius 3 is 2.94 bits per heavy atom. The number of rotatable bonds is 2. The molecule has 2 N–H and O–H groups in total. The Hall–Kier alpha value is -1.32. The first-order chi connectivity index (χ1) is 8.24. The molecule has 0 bridgehead atoms. The lowest BCUT2D eigenvalue weighted by molar-refractivity contribution is 0.326. The largest absolute Gasteiger partial charge is 0.357 e. The maximum absolute atomic E-state index is 3.59. The summed E-state index contributed by atoms with van der Waals surface area (Å²) in [6, 6.07) is 9.17. The van der Waals surface area contributed by atoms with E-state index in [0.29, 0.717) is 6.04 Å². The second-order valence-electron chi connectivity index (χ2n) is 5.17. The van der Waals surface area contributed by atoms with Gasteiger partial charge < -0.3 is 15.2 Å². The number of para-hydroxylation sites is 1. The minimum absolute atomic E-state index is 0.566. The number of likely N-dealkylation sites (N-methyl/N-ethyl adjacent to an activating group) is 1. The van der Waals surface area contributed by atoms with Gasteiger partial charge in [-0.2, -0.15) is 0 Å². The number of aromatic nitrogens is 1. The summed E-state index contributed by atoms with van der Waals surface area (Å²) in [6.45, 7) is 2.06. The molecule has 1 aliphatic heterocycles. The van der Waals surface area contributed by atoms with Crippen molar-refractivity contribution in [3.8, 4) is 0 Å². The van der Waals surface area contributed by atoms with E-state index in [-0.39, 0.29) is 0 Å². The maximum atomic E-state index is 3.59. The summed E-state index contributed by atoms with van der Waals surface area (Å²) in [5.41, 5.74) is 4.14. The molecular weight excluding hydrogens is 210 g/mol. The molecule has 0 radical (unpaired) electrons. The molecule has 90 valence electrons. The predicted octanol–water partition coefficient (Wildman–Crippen LogP) is 1.74. The van der Waals surface area contributed by atoms with Crippen LogP contribution in [-0.4, -0.2) is 36.6 Å². The molecule has 17 heavy (non-hydrogen) atoms. The minimum atomic E-state index is 0.566. The molecule has 3 heteroatoms. The zero-order chi connectivity index (χ0) is 11.8. The summed E-state index contributed by atoms with van der Waals surface area (Å²) in [6.07, 6.45) is 1.12. The fraction of sp³-hybridized carbons (Fsp3) is 0.429. The lowest BCUT2D eigenvalue weighted by atomic mass is 9.98. The number of aromatic amines is 1. The second kappa shape index (κ2) is 4.17. The number of nitrogens with one attached hydrogen (secondary N) is 2. The monoisotopic (exact) mass is 229 g/mol. The van der Waals surface area contributed by atoms with Crippen molar-refractivity contribution in [1.82, 2.24) is 15.2 Å². The van der Waals surface area contributed by atoms with Crippen LogP contribution >= 0.6 is 0 Å². The fourth-order valence-corrected chi connectivity index (χ4v) is 2.77. The van der Waals surface area contributed by atoms with Crippen LogP contribution in [0.4, 0.5) is 0 Å². The molecule has 1 aromatic carbocycles. The van der Waals surface area contributed by atoms with Crippen molar-refractivity contribution in [2.45, 2.75) is 19.0 Å². The summed E-state index contributed by atoms with van der Waals surface area (Å²) >= 11 is 0. The van der Waals surface area contributed by atoms with E-state index in [1.165, 1.54) is 22.2 Å². The Balaban J connectivity index is 1.95. The zero-order valence-electron chi connectivity index (χ0n) is 10.5. The number of hydrogen-bond acceptors (Lipinski definition) is 2. The SMILES string of the molecule is CN(C)CC1Cc2c([nH]c3ccccc23)CN1. The third-order valence-electron chi connectivity index (χ3n) is 3.51. The Labute approximate surface area is 102 Å². The standard InChI is InChI=1S/C14H19N3/c1-17(2)9-10-7-12-11-5-3-4-6-13(11)16-14(12)8-15-10/h3-6,10,15-16H,7-9H2,1-2H3. The molecule has 2 heterocycles. The summed E-state index contributed by atoms with van der Waals surface area (Å²) in [5.74, 6) is 0. The Morgan fingerprint density at radius 2 is 2.12 bits per heavy atom. The molecule has 0 saturated carbocycles. The fourth-order valence-electron chi connectivity index (χ4n) is 2.77. The van der Waals surface area contributed by atoms with Gasteiger partial charge in [0.25, 0.3) is 0 Å². The lowest BCUT2D eigenvalue weighted by Crippen LogP contribution is -2.42. The van der Waals surface area contributed by atoms with Gasteiger partial charge in [-0.15, -0.1) is 0 Å². The van der Waals surface area contributed by atoms with Crippen LogP contribution in [0.1, 0.15) is 11.3 Å². The van der Waals surface area contributed by atoms with E-state index in [4.69, 9.17) is 0 Å². The van der Waals surface area contributed by atoms with Crippen LogP contribution in [0.5, 0.6) is 0 Å². The number of fused-ring (bicyclic) bond motifs is 3. The number of nitrogens with zero attached hydrogens (tertiary/aromatic N) is 1. The quantitative estimate of drug-likeness (QED) is 0.822. The molecule has 2 aromatic rings. The highest BCUT2D eigenvalue weighted by atomic mass is 15.1. The topological polar surface area (TPSA) is 31.1 Å². The first kappa shape index (κ1) is 10.8. The van der Waals surface area contributed by atoms with E-state index in [9.17, 15) is 0 Å². The lowest BCUT2D eigenvalue weighted by Gasteiger charge is -2.26. The highest BCUT2D eigenvalue weighted by Gasteiger charge is 2.21. The number of hydrogen-bond donors (Lipinski definition) is 2. The first-order valence-corrected chi connectivity index (χ1v) is 6.20. The maximum Gasteiger partial charge on any atom is 0.0459 e. The molecule has 0 fully saturated rings. The van der Waals surface area contributed by atoms with Crippen molar-refractivity contribution in [3.63, 3.8) is 0 Å². The van der Waals surface area contributed by atoms with E-state index >= 15 is 0 Å². The van der Waals surface area contributed by atoms with Crippen molar-refractivity contribution >= 4 is 10.9 Å². The van der Waals surface area contributed by atoms with Crippen LogP contribution in [0.15, 0.2) is 24.3 Å². The summed E-state index contributed by atoms with van der Waals surface area (Å²) in [7, 11) is 4.26. The van der Waals surface area contributed by atoms with Gasteiger partial charge in [0.2, 0.25) is 0 Å². The van der Waals surface area contributed by atoms with E-state index in [0.717, 1.165) is 19.5 Å². The van der Waals surface area contributed by atoms with Gasteiger partial charge in [0, 0.05) is 35.7 Å². The van der Waals surface area contributed by atoms with Crippen LogP contribution < -0.4 is 5.32 Å². The van der Waals surface area contributed by atoms with E-state index in [1.54, 1.807) is 0 Å². The van der Waals surface area contributed by atoms with Crippen molar-refractivity contribution in [2.75, 3.05) is 20.6 Å². The minimum Gasteiger partial charge on any atom is -0.357 e. The van der Waals surface area contributed by atoms with Gasteiger partial charge in [0.05, 0.1) is 0 Å². The average molecular weight is 229 g/mol. The Kier molecular flexibility index (Phi) is 2.65. The van der Waals surface area contributed by atoms with Gasteiger partial charge in [-0.1, -0.05) is 18.2 Å². The summed E-state index contributed by atoms with van der Waals surface area (Å²) in [5, 5.41) is 4.99. The van der Waals surface area contributed by atoms with Gasteiger partial charge in [0.1, 0.15) is 0 Å². The van der Waals surface area contributed by atoms with Crippen molar-refractivity contribution in [1.29, 1.82) is 0 Å². The van der Waals surface area contributed by atoms with Crippen molar-refractivity contribution in [3.05, 3.63) is 35.5 Å². The molecule has 1 aliphatic rings. The van der Waals surface area contributed by atoms with Gasteiger partial charge in [-0.3, -0.25) is 0 Å². The van der Waals surface area contributed by atoms with Crippen LogP contribution in [0.25, 0.3) is 10.9 Å². The molecule has 1 atom stereocenters. The zero-order valence-corrected chi connectivity index (χ0v) is 10.5. The van der Waals surface area contributed by atoms with E-state index in [2.05, 4.69) is 53.6 Å². The van der Waals surface area contributed by atoms with Crippen LogP contribution in [0, 0.1) is 0 Å². The molecule has 3 rings (SSSR count). The van der Waals surface area contributed by atoms with Crippen LogP contribution in [-0.2, 0) is 13.0 Å². The second-order valence-corrected chi connectivity index (χ2v) is 5.17.